The number of aromatic nitrogens is 1. The largest absolute Gasteiger partial charge is 0.266 e. The fourth-order valence-corrected chi connectivity index (χ4v) is 4.18. The smallest absolute Gasteiger partial charge is 0.263 e. The molecule has 0 spiro atoms. The third kappa shape index (κ3) is 3.43. The molecule has 0 bridgehead atoms. The maximum absolute atomic E-state index is 14.0. The van der Waals surface area contributed by atoms with Crippen LogP contribution in [-0.2, 0) is 10.0 Å². The van der Waals surface area contributed by atoms with Crippen LogP contribution in [0.4, 0.5) is 10.2 Å². The molecular weight excluding hydrogens is 371 g/mol. The number of aryl methyl sites for hydroxylation is 1. The topological polar surface area (TPSA) is 59.1 Å². The van der Waals surface area contributed by atoms with Crippen molar-refractivity contribution in [3.05, 3.63) is 64.2 Å². The van der Waals surface area contributed by atoms with E-state index in [9.17, 15) is 12.8 Å². The molecule has 1 heterocycles. The molecule has 0 aliphatic heterocycles. The van der Waals surface area contributed by atoms with Crippen LogP contribution >= 0.6 is 22.9 Å². The Labute approximate surface area is 148 Å². The highest BCUT2D eigenvalue weighted by molar-refractivity contribution is 7.92. The van der Waals surface area contributed by atoms with E-state index >= 15 is 0 Å². The Hall–Kier alpha value is -1.96. The normalized spacial score (nSPS) is 11.5. The minimum atomic E-state index is -4.09. The van der Waals surface area contributed by atoms with Gasteiger partial charge in [0.05, 0.1) is 0 Å². The van der Waals surface area contributed by atoms with E-state index in [0.29, 0.717) is 10.6 Å². The van der Waals surface area contributed by atoms with E-state index in [1.807, 2.05) is 30.3 Å². The molecule has 124 valence electrons. The maximum atomic E-state index is 14.0. The van der Waals surface area contributed by atoms with Crippen LogP contribution in [0.5, 0.6) is 0 Å². The number of nitrogens with one attached hydrogen (secondary N) is 1. The standard InChI is InChI=1S/C16H12ClFN2O2S2/c1-10-7-14(13(18)8-12(10)17)24(21,22)20-15-9-23-16(19-15)11-5-3-2-4-6-11/h2-9,20H,1H3. The van der Waals surface area contributed by atoms with Gasteiger partial charge in [-0.05, 0) is 24.6 Å². The summed E-state index contributed by atoms with van der Waals surface area (Å²) < 4.78 is 41.1. The van der Waals surface area contributed by atoms with Gasteiger partial charge in [-0.15, -0.1) is 11.3 Å². The molecule has 1 aromatic heterocycles. The van der Waals surface area contributed by atoms with Gasteiger partial charge in [-0.1, -0.05) is 41.9 Å². The predicted octanol–water partition coefficient (Wildman–Crippen LogP) is 4.71. The molecule has 4 nitrogen and oxygen atoms in total. The molecule has 0 aliphatic rings. The summed E-state index contributed by atoms with van der Waals surface area (Å²) in [5, 5.41) is 2.41. The minimum absolute atomic E-state index is 0.144. The van der Waals surface area contributed by atoms with Gasteiger partial charge in [0.1, 0.15) is 15.7 Å². The molecule has 1 N–H and O–H groups in total. The molecule has 0 unspecified atom stereocenters. The van der Waals surface area contributed by atoms with Crippen LogP contribution in [0.25, 0.3) is 10.6 Å². The summed E-state index contributed by atoms with van der Waals surface area (Å²) in [7, 11) is -4.09. The minimum Gasteiger partial charge on any atom is -0.263 e. The first kappa shape index (κ1) is 16.9. The number of thiazole rings is 1. The zero-order chi connectivity index (χ0) is 17.3. The van der Waals surface area contributed by atoms with Crippen molar-refractivity contribution in [3.8, 4) is 10.6 Å². The summed E-state index contributed by atoms with van der Waals surface area (Å²) in [5.74, 6) is -0.762. The Bertz CT molecular complexity index is 989. The van der Waals surface area contributed by atoms with E-state index < -0.39 is 20.7 Å². The lowest BCUT2D eigenvalue weighted by atomic mass is 10.2. The quantitative estimate of drug-likeness (QED) is 0.710. The zero-order valence-electron chi connectivity index (χ0n) is 12.5. The number of rotatable bonds is 4. The van der Waals surface area contributed by atoms with E-state index in [2.05, 4.69) is 9.71 Å². The molecule has 3 aromatic rings. The van der Waals surface area contributed by atoms with Gasteiger partial charge in [0, 0.05) is 16.0 Å². The highest BCUT2D eigenvalue weighted by Gasteiger charge is 2.22. The molecule has 0 saturated heterocycles. The Morgan fingerprint density at radius 1 is 1.21 bits per heavy atom. The summed E-state index contributed by atoms with van der Waals surface area (Å²) in [6, 6.07) is 11.6. The molecule has 24 heavy (non-hydrogen) atoms. The lowest BCUT2D eigenvalue weighted by Crippen LogP contribution is -2.15. The number of hydrogen-bond donors (Lipinski definition) is 1. The number of sulfonamides is 1. The summed E-state index contributed by atoms with van der Waals surface area (Å²) in [6.45, 7) is 1.61. The Morgan fingerprint density at radius 3 is 2.62 bits per heavy atom. The van der Waals surface area contributed by atoms with Gasteiger partial charge in [0.2, 0.25) is 0 Å². The Kier molecular flexibility index (Phi) is 4.58. The molecule has 0 amide bonds. The lowest BCUT2D eigenvalue weighted by Gasteiger charge is -2.08. The lowest BCUT2D eigenvalue weighted by molar-refractivity contribution is 0.570. The van der Waals surface area contributed by atoms with Crippen LogP contribution < -0.4 is 4.72 Å². The fourth-order valence-electron chi connectivity index (χ4n) is 2.06. The van der Waals surface area contributed by atoms with Crippen LogP contribution in [0.3, 0.4) is 0 Å². The van der Waals surface area contributed by atoms with Crippen molar-refractivity contribution in [1.29, 1.82) is 0 Å². The molecule has 2 aromatic carbocycles. The third-order valence-corrected chi connectivity index (χ3v) is 5.93. The van der Waals surface area contributed by atoms with E-state index in [-0.39, 0.29) is 10.8 Å². The predicted molar refractivity (Wildman–Crippen MR) is 94.5 cm³/mol. The van der Waals surface area contributed by atoms with Gasteiger partial charge in [0.15, 0.2) is 5.82 Å². The highest BCUT2D eigenvalue weighted by Crippen LogP contribution is 2.28. The van der Waals surface area contributed by atoms with Gasteiger partial charge in [-0.25, -0.2) is 17.8 Å². The van der Waals surface area contributed by atoms with Crippen molar-refractivity contribution >= 4 is 38.8 Å². The molecule has 0 radical (unpaired) electrons. The second kappa shape index (κ2) is 6.51. The molecule has 8 heteroatoms. The summed E-state index contributed by atoms with van der Waals surface area (Å²) in [5.41, 5.74) is 1.35. The third-order valence-electron chi connectivity index (χ3n) is 3.27. The van der Waals surface area contributed by atoms with Crippen molar-refractivity contribution in [2.45, 2.75) is 11.8 Å². The maximum Gasteiger partial charge on any atom is 0.266 e. The molecule has 0 fully saturated rings. The van der Waals surface area contributed by atoms with Crippen molar-refractivity contribution < 1.29 is 12.8 Å². The number of anilines is 1. The first-order valence-corrected chi connectivity index (χ1v) is 9.60. The van der Waals surface area contributed by atoms with Crippen LogP contribution in [-0.4, -0.2) is 13.4 Å². The number of halogens is 2. The molecule has 0 atom stereocenters. The number of benzene rings is 2. The van der Waals surface area contributed by atoms with Crippen molar-refractivity contribution in [2.24, 2.45) is 0 Å². The zero-order valence-corrected chi connectivity index (χ0v) is 14.8. The van der Waals surface area contributed by atoms with E-state index in [4.69, 9.17) is 11.6 Å². The monoisotopic (exact) mass is 382 g/mol. The molecule has 3 rings (SSSR count). The van der Waals surface area contributed by atoms with Crippen LogP contribution in [0.2, 0.25) is 5.02 Å². The first-order chi connectivity index (χ1) is 11.4. The molecular formula is C16H12ClFN2O2S2. The highest BCUT2D eigenvalue weighted by atomic mass is 35.5. The fraction of sp³-hybridized carbons (Fsp3) is 0.0625. The average molecular weight is 383 g/mol. The van der Waals surface area contributed by atoms with Gasteiger partial charge in [-0.2, -0.15) is 0 Å². The van der Waals surface area contributed by atoms with Crippen LogP contribution in [0, 0.1) is 12.7 Å². The molecule has 0 saturated carbocycles. The summed E-state index contributed by atoms with van der Waals surface area (Å²) in [4.78, 5) is 3.78. The van der Waals surface area contributed by atoms with E-state index in [0.717, 1.165) is 11.6 Å². The van der Waals surface area contributed by atoms with E-state index in [1.54, 1.807) is 12.3 Å². The Morgan fingerprint density at radius 2 is 1.92 bits per heavy atom. The van der Waals surface area contributed by atoms with Gasteiger partial charge in [-0.3, -0.25) is 4.72 Å². The van der Waals surface area contributed by atoms with E-state index in [1.165, 1.54) is 17.4 Å². The van der Waals surface area contributed by atoms with Gasteiger partial charge < -0.3 is 0 Å². The Balaban J connectivity index is 1.91. The first-order valence-electron chi connectivity index (χ1n) is 6.86. The average Bonchev–Trinajstić information content (AvgIpc) is 2.99. The summed E-state index contributed by atoms with van der Waals surface area (Å²) >= 11 is 7.10. The van der Waals surface area contributed by atoms with Crippen molar-refractivity contribution in [2.75, 3.05) is 4.72 Å². The SMILES string of the molecule is Cc1cc(S(=O)(=O)Nc2csc(-c3ccccc3)n2)c(F)cc1Cl. The number of hydrogen-bond acceptors (Lipinski definition) is 4. The van der Waals surface area contributed by atoms with Crippen LogP contribution in [0.1, 0.15) is 5.56 Å². The molecule has 0 aliphatic carbocycles. The van der Waals surface area contributed by atoms with Crippen molar-refractivity contribution in [1.82, 2.24) is 4.98 Å². The van der Waals surface area contributed by atoms with Gasteiger partial charge >= 0.3 is 0 Å². The summed E-state index contributed by atoms with van der Waals surface area (Å²) in [6.07, 6.45) is 0. The second-order valence-corrected chi connectivity index (χ2v) is 7.96. The second-order valence-electron chi connectivity index (χ2n) is 5.04. The van der Waals surface area contributed by atoms with Crippen LogP contribution in [0.15, 0.2) is 52.7 Å². The number of nitrogens with zero attached hydrogens (tertiary/aromatic N) is 1. The van der Waals surface area contributed by atoms with Crippen molar-refractivity contribution in [3.63, 3.8) is 0 Å². The van der Waals surface area contributed by atoms with Gasteiger partial charge in [0.25, 0.3) is 10.0 Å².